The Morgan fingerprint density at radius 1 is 1.00 bits per heavy atom. The Balaban J connectivity index is 1.54. The molecule has 27 heavy (non-hydrogen) atoms. The lowest BCUT2D eigenvalue weighted by Gasteiger charge is -2.11. The number of carboxylic acids is 1. The highest BCUT2D eigenvalue weighted by Crippen LogP contribution is 2.22. The molecule has 0 aromatic heterocycles. The molecule has 4 heteroatoms. The minimum atomic E-state index is -0.843. The first-order valence-electron chi connectivity index (χ1n) is 9.27. The first-order valence-corrected chi connectivity index (χ1v) is 9.27. The third-order valence-electron chi connectivity index (χ3n) is 4.58. The number of ether oxygens (including phenoxy) is 1. The maximum atomic E-state index is 10.9. The molecule has 1 atom stereocenters. The second-order valence-corrected chi connectivity index (χ2v) is 6.72. The molecule has 0 aliphatic heterocycles. The van der Waals surface area contributed by atoms with E-state index in [-0.39, 0.29) is 0 Å². The van der Waals surface area contributed by atoms with Gasteiger partial charge in [0.05, 0.1) is 6.61 Å². The second-order valence-electron chi connectivity index (χ2n) is 6.72. The molecule has 0 bridgehead atoms. The van der Waals surface area contributed by atoms with E-state index < -0.39 is 12.0 Å². The fourth-order valence-corrected chi connectivity index (χ4v) is 2.94. The van der Waals surface area contributed by atoms with E-state index in [1.165, 1.54) is 5.56 Å². The van der Waals surface area contributed by atoms with Gasteiger partial charge in [-0.2, -0.15) is 0 Å². The first kappa shape index (κ1) is 18.9. The zero-order valence-electron chi connectivity index (χ0n) is 15.5. The van der Waals surface area contributed by atoms with Crippen LogP contribution in [0.5, 0.6) is 5.75 Å². The van der Waals surface area contributed by atoms with Crippen LogP contribution in [0.4, 0.5) is 0 Å². The number of hydrogen-bond acceptors (Lipinski definition) is 3. The summed E-state index contributed by atoms with van der Waals surface area (Å²) in [6.45, 7) is 2.86. The molecule has 0 unspecified atom stereocenters. The normalized spacial score (nSPS) is 12.0. The van der Waals surface area contributed by atoms with Gasteiger partial charge >= 0.3 is 5.97 Å². The van der Waals surface area contributed by atoms with Crippen LogP contribution in [0.2, 0.25) is 0 Å². The van der Waals surface area contributed by atoms with Crippen LogP contribution in [0, 0.1) is 0 Å². The summed E-state index contributed by atoms with van der Waals surface area (Å²) in [6.07, 6.45) is 1.99. The summed E-state index contributed by atoms with van der Waals surface area (Å²) < 4.78 is 5.89. The summed E-state index contributed by atoms with van der Waals surface area (Å²) in [7, 11) is 0. The minimum absolute atomic E-state index is 0.529. The Morgan fingerprint density at radius 2 is 1.74 bits per heavy atom. The topological polar surface area (TPSA) is 58.6 Å². The van der Waals surface area contributed by atoms with Gasteiger partial charge in [0.1, 0.15) is 11.8 Å². The van der Waals surface area contributed by atoms with Crippen LogP contribution in [0.1, 0.15) is 24.5 Å². The van der Waals surface area contributed by atoms with Crippen LogP contribution < -0.4 is 10.1 Å². The molecule has 0 radical (unpaired) electrons. The number of aliphatic carboxylic acids is 1. The van der Waals surface area contributed by atoms with Gasteiger partial charge in [-0.25, -0.2) is 0 Å². The van der Waals surface area contributed by atoms with Crippen molar-refractivity contribution >= 4 is 16.7 Å². The monoisotopic (exact) mass is 363 g/mol. The van der Waals surface area contributed by atoms with E-state index in [4.69, 9.17) is 9.84 Å². The fraction of sp³-hybridized carbons (Fsp3) is 0.261. The first-order chi connectivity index (χ1) is 13.1. The van der Waals surface area contributed by atoms with E-state index in [2.05, 4.69) is 47.8 Å². The molecule has 140 valence electrons. The summed E-state index contributed by atoms with van der Waals surface area (Å²) in [5.41, 5.74) is 2.39. The number of fused-ring (bicyclic) bond motifs is 1. The predicted molar refractivity (Wildman–Crippen MR) is 108 cm³/mol. The molecule has 2 N–H and O–H groups in total. The Morgan fingerprint density at radius 3 is 2.52 bits per heavy atom. The molecular weight excluding hydrogens is 338 g/mol. The van der Waals surface area contributed by atoms with Crippen molar-refractivity contribution in [1.29, 1.82) is 0 Å². The highest BCUT2D eigenvalue weighted by Gasteiger charge is 2.09. The molecule has 0 saturated heterocycles. The van der Waals surface area contributed by atoms with Crippen molar-refractivity contribution in [3.63, 3.8) is 0 Å². The summed E-state index contributed by atoms with van der Waals surface area (Å²) in [6, 6.07) is 22.1. The van der Waals surface area contributed by atoms with Gasteiger partial charge in [-0.3, -0.25) is 4.79 Å². The largest absolute Gasteiger partial charge is 0.494 e. The lowest BCUT2D eigenvalue weighted by molar-refractivity contribution is -0.139. The Labute approximate surface area is 159 Å². The number of aryl methyl sites for hydroxylation is 1. The van der Waals surface area contributed by atoms with Crippen molar-refractivity contribution in [1.82, 2.24) is 5.32 Å². The lowest BCUT2D eigenvalue weighted by atomic mass is 10.1. The predicted octanol–water partition coefficient (Wildman–Crippen LogP) is 4.41. The van der Waals surface area contributed by atoms with E-state index in [0.717, 1.165) is 34.9 Å². The van der Waals surface area contributed by atoms with Crippen molar-refractivity contribution in [2.75, 3.05) is 6.61 Å². The van der Waals surface area contributed by atoms with Crippen LogP contribution >= 0.6 is 0 Å². The quantitative estimate of drug-likeness (QED) is 0.553. The smallest absolute Gasteiger partial charge is 0.320 e. The number of hydrogen-bond donors (Lipinski definition) is 2. The molecule has 3 aromatic rings. The molecule has 0 heterocycles. The van der Waals surface area contributed by atoms with Crippen LogP contribution in [0.25, 0.3) is 10.8 Å². The maximum absolute atomic E-state index is 10.9. The SMILES string of the molecule is C[C@H](NCc1ccc2cc(OCCCc3ccccc3)ccc2c1)C(=O)O. The van der Waals surface area contributed by atoms with Crippen LogP contribution in [-0.2, 0) is 17.8 Å². The zero-order chi connectivity index (χ0) is 19.1. The summed E-state index contributed by atoms with van der Waals surface area (Å²) >= 11 is 0. The van der Waals surface area contributed by atoms with E-state index in [0.29, 0.717) is 13.2 Å². The van der Waals surface area contributed by atoms with E-state index >= 15 is 0 Å². The number of benzene rings is 3. The highest BCUT2D eigenvalue weighted by atomic mass is 16.5. The number of nitrogens with one attached hydrogen (secondary N) is 1. The molecule has 0 aliphatic rings. The van der Waals surface area contributed by atoms with Gasteiger partial charge < -0.3 is 15.2 Å². The van der Waals surface area contributed by atoms with Crippen LogP contribution in [-0.4, -0.2) is 23.7 Å². The second kappa shape index (κ2) is 9.19. The molecule has 0 spiro atoms. The lowest BCUT2D eigenvalue weighted by Crippen LogP contribution is -2.33. The van der Waals surface area contributed by atoms with Crippen molar-refractivity contribution in [3.05, 3.63) is 77.9 Å². The van der Waals surface area contributed by atoms with Gasteiger partial charge in [-0.1, -0.05) is 48.5 Å². The summed E-state index contributed by atoms with van der Waals surface area (Å²) in [5.74, 6) is 0.0331. The molecule has 4 nitrogen and oxygen atoms in total. The van der Waals surface area contributed by atoms with Crippen LogP contribution in [0.3, 0.4) is 0 Å². The standard InChI is InChI=1S/C23H25NO3/c1-17(23(25)26)24-16-19-9-10-21-15-22(12-11-20(21)14-19)27-13-5-8-18-6-3-2-4-7-18/h2-4,6-7,9-12,14-15,17,24H,5,8,13,16H2,1H3,(H,25,26)/t17-/m0/s1. The molecular formula is C23H25NO3. The number of rotatable bonds is 9. The minimum Gasteiger partial charge on any atom is -0.494 e. The van der Waals surface area contributed by atoms with E-state index in [1.54, 1.807) is 6.92 Å². The molecule has 3 aromatic carbocycles. The Kier molecular flexibility index (Phi) is 6.44. The van der Waals surface area contributed by atoms with Gasteiger partial charge in [0.15, 0.2) is 0 Å². The van der Waals surface area contributed by atoms with Gasteiger partial charge in [0.2, 0.25) is 0 Å². The zero-order valence-corrected chi connectivity index (χ0v) is 15.5. The molecule has 3 rings (SSSR count). The van der Waals surface area contributed by atoms with Gasteiger partial charge in [-0.05, 0) is 59.9 Å². The number of carboxylic acid groups (broad SMARTS) is 1. The van der Waals surface area contributed by atoms with Gasteiger partial charge in [-0.15, -0.1) is 0 Å². The Hall–Kier alpha value is -2.85. The average Bonchev–Trinajstić information content (AvgIpc) is 2.70. The number of carbonyl (C=O) groups is 1. The summed E-state index contributed by atoms with van der Waals surface area (Å²) in [5, 5.41) is 14.2. The molecule has 0 fully saturated rings. The Bertz CT molecular complexity index is 893. The third kappa shape index (κ3) is 5.56. The molecule has 0 saturated carbocycles. The average molecular weight is 363 g/mol. The van der Waals surface area contributed by atoms with Gasteiger partial charge in [0.25, 0.3) is 0 Å². The summed E-state index contributed by atoms with van der Waals surface area (Å²) in [4.78, 5) is 10.9. The van der Waals surface area contributed by atoms with Crippen molar-refractivity contribution in [3.8, 4) is 5.75 Å². The van der Waals surface area contributed by atoms with Crippen LogP contribution in [0.15, 0.2) is 66.7 Å². The third-order valence-corrected chi connectivity index (χ3v) is 4.58. The van der Waals surface area contributed by atoms with Crippen molar-refractivity contribution < 1.29 is 14.6 Å². The van der Waals surface area contributed by atoms with E-state index in [1.807, 2.05) is 24.3 Å². The highest BCUT2D eigenvalue weighted by molar-refractivity contribution is 5.84. The maximum Gasteiger partial charge on any atom is 0.320 e. The molecule has 0 aliphatic carbocycles. The van der Waals surface area contributed by atoms with Crippen molar-refractivity contribution in [2.45, 2.75) is 32.4 Å². The van der Waals surface area contributed by atoms with Crippen molar-refractivity contribution in [2.24, 2.45) is 0 Å². The fourth-order valence-electron chi connectivity index (χ4n) is 2.94. The van der Waals surface area contributed by atoms with Gasteiger partial charge in [0, 0.05) is 6.54 Å². The van der Waals surface area contributed by atoms with E-state index in [9.17, 15) is 4.79 Å². The molecule has 0 amide bonds.